The lowest BCUT2D eigenvalue weighted by Crippen LogP contribution is -2.29. The van der Waals surface area contributed by atoms with E-state index in [0.717, 1.165) is 39.0 Å². The summed E-state index contributed by atoms with van der Waals surface area (Å²) in [6.45, 7) is 4.79. The molecule has 0 bridgehead atoms. The largest absolute Gasteiger partial charge is 0.456 e. The lowest BCUT2D eigenvalue weighted by atomic mass is 9.66. The van der Waals surface area contributed by atoms with E-state index < -0.39 is 5.41 Å². The van der Waals surface area contributed by atoms with Crippen LogP contribution in [0.1, 0.15) is 47.2 Å². The molecule has 0 aliphatic heterocycles. The van der Waals surface area contributed by atoms with E-state index in [1.54, 1.807) is 0 Å². The third-order valence-electron chi connectivity index (χ3n) is 12.1. The Labute approximate surface area is 315 Å². The monoisotopic (exact) mass is 691 g/mol. The van der Waals surface area contributed by atoms with E-state index >= 15 is 0 Å². The first-order valence-electron chi connectivity index (χ1n) is 18.8. The number of benzene rings is 8. The third kappa shape index (κ3) is 4.22. The molecular weight excluding hydrogens is 655 g/mol. The van der Waals surface area contributed by atoms with Gasteiger partial charge in [-0.3, -0.25) is 0 Å². The molecule has 0 amide bonds. The summed E-state index contributed by atoms with van der Waals surface area (Å²) >= 11 is 0. The van der Waals surface area contributed by atoms with Crippen LogP contribution in [0.25, 0.3) is 44.2 Å². The van der Waals surface area contributed by atoms with Gasteiger partial charge in [0.05, 0.1) is 5.41 Å². The zero-order valence-electron chi connectivity index (χ0n) is 30.3. The van der Waals surface area contributed by atoms with Gasteiger partial charge in [-0.15, -0.1) is 0 Å². The Morgan fingerprint density at radius 1 is 0.370 bits per heavy atom. The lowest BCUT2D eigenvalue weighted by Gasteiger charge is -2.35. The molecule has 0 atom stereocenters. The molecule has 11 rings (SSSR count). The molecule has 0 N–H and O–H groups in total. The Balaban J connectivity index is 1.08. The molecule has 2 heteroatoms. The number of hydrogen-bond acceptors (Lipinski definition) is 2. The Bertz CT molecular complexity index is 2870. The lowest BCUT2D eigenvalue weighted by molar-refractivity contribution is 0.655. The number of rotatable bonds is 5. The molecule has 2 aliphatic rings. The van der Waals surface area contributed by atoms with Gasteiger partial charge in [0, 0.05) is 39.3 Å². The number of nitrogens with zero attached hydrogens (tertiary/aromatic N) is 1. The molecule has 2 aliphatic carbocycles. The molecular formula is C52H37NO. The normalized spacial score (nSPS) is 14.4. The van der Waals surface area contributed by atoms with Crippen LogP contribution in [0, 0.1) is 0 Å². The molecule has 0 unspecified atom stereocenters. The van der Waals surface area contributed by atoms with E-state index in [1.165, 1.54) is 55.6 Å². The van der Waals surface area contributed by atoms with Crippen LogP contribution in [0.5, 0.6) is 0 Å². The molecule has 0 spiro atoms. The van der Waals surface area contributed by atoms with Crippen LogP contribution in [0.4, 0.5) is 17.1 Å². The summed E-state index contributed by atoms with van der Waals surface area (Å²) < 4.78 is 6.38. The fourth-order valence-corrected chi connectivity index (χ4v) is 9.69. The van der Waals surface area contributed by atoms with Gasteiger partial charge in [-0.1, -0.05) is 153 Å². The maximum Gasteiger partial charge on any atom is 0.137 e. The fraction of sp³-hybridized carbons (Fsp3) is 0.0769. The quantitative estimate of drug-likeness (QED) is 0.179. The standard InChI is InChI=1S/C52H37NO/c1-51(2)47-31-35(52(34-15-5-3-6-16-34)45-22-12-9-19-39(45)40-20-10-13-23-46(40)52)25-28-41(47)42-29-26-37(32-48(42)51)53(36-17-7-4-8-18-36)38-27-30-44-43-21-11-14-24-49(43)54-50(44)33-38/h3-33H,1-2H3. The van der Waals surface area contributed by atoms with Gasteiger partial charge in [0.2, 0.25) is 0 Å². The molecule has 0 radical (unpaired) electrons. The summed E-state index contributed by atoms with van der Waals surface area (Å²) in [6.07, 6.45) is 0. The Morgan fingerprint density at radius 2 is 0.907 bits per heavy atom. The first-order chi connectivity index (χ1) is 26.5. The van der Waals surface area contributed by atoms with Crippen LogP contribution in [0.3, 0.4) is 0 Å². The third-order valence-corrected chi connectivity index (χ3v) is 12.1. The van der Waals surface area contributed by atoms with Crippen molar-refractivity contribution in [2.45, 2.75) is 24.7 Å². The van der Waals surface area contributed by atoms with Gasteiger partial charge in [-0.2, -0.15) is 0 Å². The number of furan rings is 1. The highest BCUT2D eigenvalue weighted by Crippen LogP contribution is 2.58. The summed E-state index contributed by atoms with van der Waals surface area (Å²) in [5, 5.41) is 2.27. The number of anilines is 3. The van der Waals surface area contributed by atoms with E-state index in [-0.39, 0.29) is 5.41 Å². The highest BCUT2D eigenvalue weighted by atomic mass is 16.3. The molecule has 0 saturated heterocycles. The maximum absolute atomic E-state index is 6.38. The van der Waals surface area contributed by atoms with E-state index in [1.807, 2.05) is 12.1 Å². The van der Waals surface area contributed by atoms with Crippen molar-refractivity contribution in [2.75, 3.05) is 4.90 Å². The minimum absolute atomic E-state index is 0.239. The fourth-order valence-electron chi connectivity index (χ4n) is 9.69. The second-order valence-electron chi connectivity index (χ2n) is 15.3. The molecule has 8 aromatic carbocycles. The van der Waals surface area contributed by atoms with E-state index in [9.17, 15) is 0 Å². The van der Waals surface area contributed by atoms with Crippen molar-refractivity contribution in [3.63, 3.8) is 0 Å². The zero-order valence-corrected chi connectivity index (χ0v) is 30.3. The number of hydrogen-bond donors (Lipinski definition) is 0. The van der Waals surface area contributed by atoms with Crippen molar-refractivity contribution in [2.24, 2.45) is 0 Å². The second kappa shape index (κ2) is 11.4. The molecule has 1 heterocycles. The minimum Gasteiger partial charge on any atom is -0.456 e. The van der Waals surface area contributed by atoms with E-state index in [0.29, 0.717) is 0 Å². The average Bonchev–Trinajstić information content (AvgIpc) is 3.82. The van der Waals surface area contributed by atoms with E-state index in [2.05, 4.69) is 195 Å². The first-order valence-corrected chi connectivity index (χ1v) is 18.8. The van der Waals surface area contributed by atoms with Crippen molar-refractivity contribution < 1.29 is 4.42 Å². The number of para-hydroxylation sites is 2. The van der Waals surface area contributed by atoms with Crippen molar-refractivity contribution in [1.29, 1.82) is 0 Å². The van der Waals surface area contributed by atoms with Crippen molar-refractivity contribution in [3.8, 4) is 22.3 Å². The van der Waals surface area contributed by atoms with Crippen LogP contribution < -0.4 is 4.90 Å². The van der Waals surface area contributed by atoms with Crippen LogP contribution >= 0.6 is 0 Å². The summed E-state index contributed by atoms with van der Waals surface area (Å²) in [5.41, 5.74) is 17.6. The van der Waals surface area contributed by atoms with Gasteiger partial charge in [0.25, 0.3) is 0 Å². The molecule has 256 valence electrons. The number of fused-ring (bicyclic) bond motifs is 9. The summed E-state index contributed by atoms with van der Waals surface area (Å²) in [6, 6.07) is 68.9. The molecule has 0 fully saturated rings. The van der Waals surface area contributed by atoms with Gasteiger partial charge >= 0.3 is 0 Å². The van der Waals surface area contributed by atoms with Crippen molar-refractivity contribution in [1.82, 2.24) is 0 Å². The SMILES string of the molecule is CC1(C)c2cc(N(c3ccccc3)c3ccc4c(c3)oc3ccccc34)ccc2-c2ccc(C3(c4ccccc4)c4ccccc4-c4ccccc43)cc21. The van der Waals surface area contributed by atoms with Crippen molar-refractivity contribution >= 4 is 39.0 Å². The van der Waals surface area contributed by atoms with Crippen LogP contribution in [0.15, 0.2) is 192 Å². The van der Waals surface area contributed by atoms with Gasteiger partial charge in [0.1, 0.15) is 11.2 Å². The molecule has 1 aromatic heterocycles. The molecule has 2 nitrogen and oxygen atoms in total. The minimum atomic E-state index is -0.432. The first kappa shape index (κ1) is 30.9. The molecule has 54 heavy (non-hydrogen) atoms. The molecule has 0 saturated carbocycles. The highest BCUT2D eigenvalue weighted by molar-refractivity contribution is 6.06. The van der Waals surface area contributed by atoms with Gasteiger partial charge in [0.15, 0.2) is 0 Å². The Morgan fingerprint density at radius 3 is 1.65 bits per heavy atom. The summed E-state index contributed by atoms with van der Waals surface area (Å²) in [5.74, 6) is 0. The smallest absolute Gasteiger partial charge is 0.137 e. The topological polar surface area (TPSA) is 16.4 Å². The summed E-state index contributed by atoms with van der Waals surface area (Å²) in [7, 11) is 0. The second-order valence-corrected chi connectivity index (χ2v) is 15.3. The average molecular weight is 692 g/mol. The Kier molecular flexibility index (Phi) is 6.55. The summed E-state index contributed by atoms with van der Waals surface area (Å²) in [4.78, 5) is 2.36. The molecule has 9 aromatic rings. The zero-order chi connectivity index (χ0) is 36.0. The van der Waals surface area contributed by atoms with Crippen LogP contribution in [-0.4, -0.2) is 0 Å². The van der Waals surface area contributed by atoms with Gasteiger partial charge in [-0.25, -0.2) is 0 Å². The maximum atomic E-state index is 6.38. The van der Waals surface area contributed by atoms with Gasteiger partial charge in [-0.05, 0) is 98.1 Å². The van der Waals surface area contributed by atoms with Crippen LogP contribution in [-0.2, 0) is 10.8 Å². The van der Waals surface area contributed by atoms with E-state index in [4.69, 9.17) is 4.42 Å². The predicted octanol–water partition coefficient (Wildman–Crippen LogP) is 13.7. The van der Waals surface area contributed by atoms with Gasteiger partial charge < -0.3 is 9.32 Å². The van der Waals surface area contributed by atoms with Crippen molar-refractivity contribution in [3.05, 3.63) is 221 Å². The highest BCUT2D eigenvalue weighted by Gasteiger charge is 2.47. The van der Waals surface area contributed by atoms with Crippen LogP contribution in [0.2, 0.25) is 0 Å². The predicted molar refractivity (Wildman–Crippen MR) is 223 cm³/mol. The Hall–Kier alpha value is -6.64.